The highest BCUT2D eigenvalue weighted by atomic mass is 16.5. The van der Waals surface area contributed by atoms with Crippen molar-refractivity contribution < 1.29 is 4.74 Å². The lowest BCUT2D eigenvalue weighted by atomic mass is 10.1. The molecule has 0 aliphatic carbocycles. The van der Waals surface area contributed by atoms with E-state index in [4.69, 9.17) is 10.5 Å². The first-order valence-electron chi connectivity index (χ1n) is 6.46. The van der Waals surface area contributed by atoms with Crippen molar-refractivity contribution in [3.8, 4) is 5.75 Å². The van der Waals surface area contributed by atoms with Gasteiger partial charge in [-0.25, -0.2) is 9.50 Å². The maximum Gasteiger partial charge on any atom is 0.160 e. The predicted molar refractivity (Wildman–Crippen MR) is 76.7 cm³/mol. The minimum absolute atomic E-state index is 0.463. The Balaban J connectivity index is 1.90. The zero-order valence-electron chi connectivity index (χ0n) is 11.3. The molecule has 3 aromatic rings. The van der Waals surface area contributed by atoms with Gasteiger partial charge in [0.25, 0.3) is 0 Å². The number of nitrogens with zero attached hydrogens (tertiary/aromatic N) is 3. The fraction of sp³-hybridized carbons (Fsp3) is 0.200. The van der Waals surface area contributed by atoms with E-state index in [-0.39, 0.29) is 0 Å². The van der Waals surface area contributed by atoms with Crippen LogP contribution in [0.15, 0.2) is 42.6 Å². The van der Waals surface area contributed by atoms with Crippen LogP contribution in [-0.4, -0.2) is 21.7 Å². The van der Waals surface area contributed by atoms with E-state index in [1.807, 2.05) is 42.6 Å². The Morgan fingerprint density at radius 2 is 2.00 bits per heavy atom. The Morgan fingerprint density at radius 1 is 1.20 bits per heavy atom. The number of rotatable bonds is 4. The van der Waals surface area contributed by atoms with Gasteiger partial charge in [-0.15, -0.1) is 0 Å². The molecule has 0 saturated heterocycles. The van der Waals surface area contributed by atoms with Crippen LogP contribution in [0.5, 0.6) is 5.75 Å². The van der Waals surface area contributed by atoms with Crippen molar-refractivity contribution in [1.29, 1.82) is 0 Å². The van der Waals surface area contributed by atoms with Crippen molar-refractivity contribution in [3.05, 3.63) is 59.5 Å². The van der Waals surface area contributed by atoms with Crippen molar-refractivity contribution in [2.45, 2.75) is 13.0 Å². The van der Waals surface area contributed by atoms with Crippen LogP contribution in [0.1, 0.15) is 17.0 Å². The number of methoxy groups -OCH3 is 1. The summed E-state index contributed by atoms with van der Waals surface area (Å²) in [6.45, 7) is 0.463. The average molecular weight is 268 g/mol. The van der Waals surface area contributed by atoms with E-state index in [1.165, 1.54) is 0 Å². The monoisotopic (exact) mass is 268 g/mol. The fourth-order valence-electron chi connectivity index (χ4n) is 2.17. The number of ether oxygens (including phenoxy) is 1. The molecule has 5 heteroatoms. The Labute approximate surface area is 117 Å². The van der Waals surface area contributed by atoms with Crippen LogP contribution in [0.2, 0.25) is 0 Å². The highest BCUT2D eigenvalue weighted by Gasteiger charge is 2.07. The smallest absolute Gasteiger partial charge is 0.160 e. The van der Waals surface area contributed by atoms with Crippen molar-refractivity contribution in [2.24, 2.45) is 5.73 Å². The molecule has 102 valence electrons. The Morgan fingerprint density at radius 3 is 2.70 bits per heavy atom. The normalized spacial score (nSPS) is 10.9. The second-order valence-corrected chi connectivity index (χ2v) is 4.56. The van der Waals surface area contributed by atoms with Gasteiger partial charge in [0.1, 0.15) is 5.75 Å². The number of hydrogen-bond donors (Lipinski definition) is 1. The van der Waals surface area contributed by atoms with Gasteiger partial charge in [-0.1, -0.05) is 18.2 Å². The molecule has 0 fully saturated rings. The van der Waals surface area contributed by atoms with Crippen LogP contribution in [0.25, 0.3) is 5.65 Å². The first-order valence-corrected chi connectivity index (χ1v) is 6.46. The number of aromatic nitrogens is 3. The van der Waals surface area contributed by atoms with Crippen LogP contribution in [0.3, 0.4) is 0 Å². The number of nitrogens with two attached hydrogens (primary N) is 1. The third-order valence-electron chi connectivity index (χ3n) is 3.23. The van der Waals surface area contributed by atoms with E-state index in [2.05, 4.69) is 10.1 Å². The van der Waals surface area contributed by atoms with Crippen molar-refractivity contribution in [2.75, 3.05) is 7.11 Å². The van der Waals surface area contributed by atoms with Gasteiger partial charge in [0.05, 0.1) is 7.11 Å². The van der Waals surface area contributed by atoms with Crippen LogP contribution in [-0.2, 0) is 13.0 Å². The largest absolute Gasteiger partial charge is 0.497 e. The molecule has 0 radical (unpaired) electrons. The maximum atomic E-state index is 5.71. The predicted octanol–water partition coefficient (Wildman–Crippen LogP) is 1.79. The highest BCUT2D eigenvalue weighted by molar-refractivity contribution is 5.47. The number of benzene rings is 1. The van der Waals surface area contributed by atoms with Crippen molar-refractivity contribution in [3.63, 3.8) is 0 Å². The molecule has 0 aliphatic heterocycles. The topological polar surface area (TPSA) is 65.4 Å². The summed E-state index contributed by atoms with van der Waals surface area (Å²) >= 11 is 0. The Kier molecular flexibility index (Phi) is 3.35. The minimum atomic E-state index is 0.463. The Bertz CT molecular complexity index is 718. The summed E-state index contributed by atoms with van der Waals surface area (Å²) in [4.78, 5) is 4.56. The molecule has 0 bridgehead atoms. The van der Waals surface area contributed by atoms with E-state index in [9.17, 15) is 0 Å². The lowest BCUT2D eigenvalue weighted by molar-refractivity contribution is 0.414. The molecule has 1 aromatic carbocycles. The van der Waals surface area contributed by atoms with Crippen molar-refractivity contribution >= 4 is 5.65 Å². The van der Waals surface area contributed by atoms with Crippen LogP contribution < -0.4 is 10.5 Å². The first-order chi connectivity index (χ1) is 9.80. The van der Waals surface area contributed by atoms with E-state index < -0.39 is 0 Å². The zero-order chi connectivity index (χ0) is 13.9. The zero-order valence-corrected chi connectivity index (χ0v) is 11.3. The Hall–Kier alpha value is -2.40. The van der Waals surface area contributed by atoms with E-state index in [0.29, 0.717) is 13.0 Å². The molecule has 0 saturated carbocycles. The van der Waals surface area contributed by atoms with E-state index >= 15 is 0 Å². The van der Waals surface area contributed by atoms with Gasteiger partial charge in [-0.3, -0.25) is 0 Å². The molecule has 0 spiro atoms. The van der Waals surface area contributed by atoms with Gasteiger partial charge in [-0.2, -0.15) is 5.10 Å². The molecule has 2 heterocycles. The van der Waals surface area contributed by atoms with Gasteiger partial charge in [0.15, 0.2) is 11.5 Å². The summed E-state index contributed by atoms with van der Waals surface area (Å²) in [5.41, 5.74) is 8.70. The summed E-state index contributed by atoms with van der Waals surface area (Å²) in [5.74, 6) is 1.64. The summed E-state index contributed by atoms with van der Waals surface area (Å²) in [6.07, 6.45) is 2.58. The molecule has 0 atom stereocenters. The summed E-state index contributed by atoms with van der Waals surface area (Å²) < 4.78 is 6.93. The number of fused-ring (bicyclic) bond motifs is 1. The van der Waals surface area contributed by atoms with E-state index in [0.717, 1.165) is 28.3 Å². The van der Waals surface area contributed by atoms with Gasteiger partial charge in [0, 0.05) is 24.7 Å². The summed E-state index contributed by atoms with van der Waals surface area (Å²) in [6, 6.07) is 11.8. The molecular formula is C15H16N4O. The first kappa shape index (κ1) is 12.6. The van der Waals surface area contributed by atoms with Gasteiger partial charge in [0.2, 0.25) is 0 Å². The molecule has 2 aromatic heterocycles. The van der Waals surface area contributed by atoms with Crippen LogP contribution in [0.4, 0.5) is 0 Å². The molecule has 0 aliphatic rings. The lowest BCUT2D eigenvalue weighted by Crippen LogP contribution is -1.99. The minimum Gasteiger partial charge on any atom is -0.497 e. The SMILES string of the molecule is COc1ccc(Cc2nc3c(CN)cccn3n2)cc1. The second kappa shape index (κ2) is 5.30. The standard InChI is InChI=1S/C15H16N4O/c1-20-13-6-4-11(5-7-13)9-14-17-15-12(10-16)3-2-8-19(15)18-14/h2-8H,9-10,16H2,1H3. The third-order valence-corrected chi connectivity index (χ3v) is 3.23. The molecule has 2 N–H and O–H groups in total. The summed E-state index contributed by atoms with van der Waals surface area (Å²) in [7, 11) is 1.66. The molecule has 0 unspecified atom stereocenters. The molecule has 20 heavy (non-hydrogen) atoms. The average Bonchev–Trinajstić information content (AvgIpc) is 2.90. The number of pyridine rings is 1. The second-order valence-electron chi connectivity index (χ2n) is 4.56. The van der Waals surface area contributed by atoms with E-state index in [1.54, 1.807) is 11.6 Å². The van der Waals surface area contributed by atoms with Crippen molar-refractivity contribution in [1.82, 2.24) is 14.6 Å². The molecule has 5 nitrogen and oxygen atoms in total. The van der Waals surface area contributed by atoms with Gasteiger partial charge >= 0.3 is 0 Å². The quantitative estimate of drug-likeness (QED) is 0.783. The molecular weight excluding hydrogens is 252 g/mol. The van der Waals surface area contributed by atoms with Crippen LogP contribution in [0, 0.1) is 0 Å². The highest BCUT2D eigenvalue weighted by Crippen LogP contribution is 2.15. The third kappa shape index (κ3) is 2.35. The van der Waals surface area contributed by atoms with Gasteiger partial charge in [-0.05, 0) is 23.8 Å². The fourth-order valence-corrected chi connectivity index (χ4v) is 2.17. The lowest BCUT2D eigenvalue weighted by Gasteiger charge is -2.00. The summed E-state index contributed by atoms with van der Waals surface area (Å²) in [5, 5.41) is 4.48. The molecule has 0 amide bonds. The number of hydrogen-bond acceptors (Lipinski definition) is 4. The maximum absolute atomic E-state index is 5.71. The van der Waals surface area contributed by atoms with Crippen LogP contribution >= 0.6 is 0 Å². The van der Waals surface area contributed by atoms with Gasteiger partial charge < -0.3 is 10.5 Å². The molecule has 3 rings (SSSR count).